The van der Waals surface area contributed by atoms with Gasteiger partial charge in [0, 0.05) is 41.2 Å². The molecule has 0 amide bonds. The first-order valence-electron chi connectivity index (χ1n) is 12.5. The first-order chi connectivity index (χ1) is 19.6. The molecule has 0 saturated heterocycles. The maximum Gasteiger partial charge on any atom is 0.264 e. The predicted molar refractivity (Wildman–Crippen MR) is 156 cm³/mol. The lowest BCUT2D eigenvalue weighted by Gasteiger charge is -2.26. The van der Waals surface area contributed by atoms with Crippen LogP contribution in [0.4, 0.5) is 20.4 Å². The number of hydrogen-bond donors (Lipinski definition) is 3. The summed E-state index contributed by atoms with van der Waals surface area (Å²) < 4.78 is 63.1. The van der Waals surface area contributed by atoms with Crippen LogP contribution in [0.15, 0.2) is 70.4 Å². The van der Waals surface area contributed by atoms with Crippen molar-refractivity contribution >= 4 is 49.2 Å². The van der Waals surface area contributed by atoms with Crippen LogP contribution in [0.2, 0.25) is 5.02 Å². The molecule has 1 saturated carbocycles. The number of aromatic nitrogens is 3. The Morgan fingerprint density at radius 2 is 1.78 bits per heavy atom. The molecule has 0 spiro atoms. The number of nitrogens with zero attached hydrogens (tertiary/aromatic N) is 3. The summed E-state index contributed by atoms with van der Waals surface area (Å²) in [6.45, 7) is 0. The summed E-state index contributed by atoms with van der Waals surface area (Å²) in [5.74, 6) is -1.34. The summed E-state index contributed by atoms with van der Waals surface area (Å²) in [5, 5.41) is 3.35. The largest absolute Gasteiger partial charge is 0.453 e. The maximum absolute atomic E-state index is 15.1. The van der Waals surface area contributed by atoms with Crippen molar-refractivity contribution in [3.8, 4) is 22.8 Å². The molecule has 9 nitrogen and oxygen atoms in total. The van der Waals surface area contributed by atoms with Crippen molar-refractivity contribution in [2.45, 2.75) is 42.7 Å². The number of rotatable bonds is 8. The Labute approximate surface area is 248 Å². The molecule has 1 aliphatic carbocycles. The minimum absolute atomic E-state index is 0.000157. The van der Waals surface area contributed by atoms with Crippen molar-refractivity contribution in [2.75, 3.05) is 10.0 Å². The first-order valence-corrected chi connectivity index (χ1v) is 15.2. The van der Waals surface area contributed by atoms with Crippen LogP contribution in [0.25, 0.3) is 11.3 Å². The van der Waals surface area contributed by atoms with E-state index in [0.717, 1.165) is 43.9 Å². The van der Waals surface area contributed by atoms with Gasteiger partial charge in [-0.25, -0.2) is 27.2 Å². The van der Waals surface area contributed by atoms with E-state index < -0.39 is 26.6 Å². The quantitative estimate of drug-likeness (QED) is 0.182. The molecule has 0 atom stereocenters. The van der Waals surface area contributed by atoms with Crippen molar-refractivity contribution in [3.63, 3.8) is 0 Å². The molecule has 2 aromatic carbocycles. The second kappa shape index (κ2) is 12.2. The van der Waals surface area contributed by atoms with Crippen molar-refractivity contribution in [2.24, 2.45) is 5.73 Å². The minimum Gasteiger partial charge on any atom is -0.453 e. The van der Waals surface area contributed by atoms with E-state index in [1.54, 1.807) is 24.5 Å². The zero-order valence-corrected chi connectivity index (χ0v) is 24.5. The maximum atomic E-state index is 15.1. The molecule has 41 heavy (non-hydrogen) atoms. The predicted octanol–water partition coefficient (Wildman–Crippen LogP) is 6.51. The molecule has 0 bridgehead atoms. The van der Waals surface area contributed by atoms with E-state index in [1.165, 1.54) is 18.3 Å². The molecule has 2 heterocycles. The van der Waals surface area contributed by atoms with Crippen LogP contribution < -0.4 is 20.5 Å². The summed E-state index contributed by atoms with van der Waals surface area (Å²) in [6.07, 6.45) is 8.35. The Morgan fingerprint density at radius 1 is 1.00 bits per heavy atom. The molecule has 214 valence electrons. The van der Waals surface area contributed by atoms with Gasteiger partial charge in [-0.3, -0.25) is 9.71 Å². The van der Waals surface area contributed by atoms with Crippen LogP contribution in [0, 0.1) is 11.6 Å². The average Bonchev–Trinajstić information content (AvgIpc) is 2.94. The van der Waals surface area contributed by atoms with E-state index in [2.05, 4.69) is 40.9 Å². The number of pyridine rings is 1. The van der Waals surface area contributed by atoms with Crippen LogP contribution in [0.1, 0.15) is 25.7 Å². The average molecular weight is 666 g/mol. The summed E-state index contributed by atoms with van der Waals surface area (Å²) >= 11 is 8.96. The van der Waals surface area contributed by atoms with Crippen molar-refractivity contribution in [1.29, 1.82) is 0 Å². The summed E-state index contributed by atoms with van der Waals surface area (Å²) in [6, 6.07) is 9.05. The van der Waals surface area contributed by atoms with Gasteiger partial charge in [0.25, 0.3) is 10.0 Å². The third-order valence-electron chi connectivity index (χ3n) is 6.49. The standard InChI is InChI=1S/C27H24BrClF2N6O3S/c28-19-12-22(31)26(13-20(19)29)41(38,39)37-17-5-6-25(21(30)11-17)40-24-8-9-33-14-18(24)23-7-10-34-27(36-23)35-16-3-1-15(32)2-4-16/h5-16,37H,1-4,32H2,(H,34,35,36). The molecule has 0 radical (unpaired) electrons. The van der Waals surface area contributed by atoms with Crippen LogP contribution in [-0.2, 0) is 10.0 Å². The van der Waals surface area contributed by atoms with E-state index in [0.29, 0.717) is 17.2 Å². The van der Waals surface area contributed by atoms with Gasteiger partial charge in [0.2, 0.25) is 5.95 Å². The Bertz CT molecular complexity index is 1690. The van der Waals surface area contributed by atoms with Gasteiger partial charge in [0.05, 0.1) is 22.0 Å². The van der Waals surface area contributed by atoms with E-state index in [-0.39, 0.29) is 38.8 Å². The second-order valence-corrected chi connectivity index (χ2v) is 12.4. The zero-order chi connectivity index (χ0) is 29.1. The number of hydrogen-bond acceptors (Lipinski definition) is 8. The van der Waals surface area contributed by atoms with Gasteiger partial charge < -0.3 is 15.8 Å². The summed E-state index contributed by atoms with van der Waals surface area (Å²) in [7, 11) is -4.40. The van der Waals surface area contributed by atoms with E-state index in [4.69, 9.17) is 22.1 Å². The fourth-order valence-corrected chi connectivity index (χ4v) is 6.05. The molecular weight excluding hydrogens is 642 g/mol. The highest BCUT2D eigenvalue weighted by atomic mass is 79.9. The van der Waals surface area contributed by atoms with Crippen LogP contribution in [0.3, 0.4) is 0 Å². The third-order valence-corrected chi connectivity index (χ3v) is 9.08. The molecule has 1 aliphatic rings. The van der Waals surface area contributed by atoms with Gasteiger partial charge in [-0.15, -0.1) is 0 Å². The topological polar surface area (TPSA) is 132 Å². The number of sulfonamides is 1. The van der Waals surface area contributed by atoms with Crippen LogP contribution in [0.5, 0.6) is 11.5 Å². The molecular formula is C27H24BrClF2N6O3S. The number of benzene rings is 2. The fraction of sp³-hybridized carbons (Fsp3) is 0.222. The van der Waals surface area contributed by atoms with Crippen LogP contribution in [-0.4, -0.2) is 35.5 Å². The normalized spacial score (nSPS) is 17.2. The lowest BCUT2D eigenvalue weighted by molar-refractivity contribution is 0.410. The SMILES string of the molecule is NC1CCC(Nc2nccc(-c3cnccc3Oc3ccc(NS(=O)(=O)c4cc(Cl)c(Br)cc4F)cc3F)n2)CC1. The molecule has 4 N–H and O–H groups in total. The molecule has 14 heteroatoms. The van der Waals surface area contributed by atoms with Gasteiger partial charge >= 0.3 is 0 Å². The Balaban J connectivity index is 1.34. The zero-order valence-electron chi connectivity index (χ0n) is 21.3. The van der Waals surface area contributed by atoms with Crippen molar-refractivity contribution < 1.29 is 21.9 Å². The van der Waals surface area contributed by atoms with Crippen LogP contribution >= 0.6 is 27.5 Å². The van der Waals surface area contributed by atoms with Gasteiger partial charge in [-0.1, -0.05) is 11.6 Å². The van der Waals surface area contributed by atoms with Gasteiger partial charge in [-0.2, -0.15) is 0 Å². The Kier molecular flexibility index (Phi) is 8.68. The van der Waals surface area contributed by atoms with Gasteiger partial charge in [-0.05, 0) is 78.0 Å². The van der Waals surface area contributed by atoms with E-state index >= 15 is 4.39 Å². The number of nitrogens with one attached hydrogen (secondary N) is 2. The van der Waals surface area contributed by atoms with Gasteiger partial charge in [0.1, 0.15) is 16.5 Å². The fourth-order valence-electron chi connectivity index (χ4n) is 4.37. The smallest absolute Gasteiger partial charge is 0.264 e. The first kappa shape index (κ1) is 29.1. The Morgan fingerprint density at radius 3 is 2.54 bits per heavy atom. The Hall–Kier alpha value is -3.39. The number of halogens is 4. The minimum atomic E-state index is -4.40. The third kappa shape index (κ3) is 6.92. The van der Waals surface area contributed by atoms with Gasteiger partial charge in [0.15, 0.2) is 11.6 Å². The number of nitrogens with two attached hydrogens (primary N) is 1. The molecule has 1 fully saturated rings. The molecule has 2 aromatic heterocycles. The lowest BCUT2D eigenvalue weighted by Crippen LogP contribution is -2.33. The highest BCUT2D eigenvalue weighted by Gasteiger charge is 2.23. The van der Waals surface area contributed by atoms with Crippen molar-refractivity contribution in [1.82, 2.24) is 15.0 Å². The highest BCUT2D eigenvalue weighted by Crippen LogP contribution is 2.35. The second-order valence-electron chi connectivity index (χ2n) is 9.44. The molecule has 5 rings (SSSR count). The summed E-state index contributed by atoms with van der Waals surface area (Å²) in [4.78, 5) is 12.4. The highest BCUT2D eigenvalue weighted by molar-refractivity contribution is 9.10. The van der Waals surface area contributed by atoms with E-state index in [1.807, 2.05) is 0 Å². The summed E-state index contributed by atoms with van der Waals surface area (Å²) in [5.41, 5.74) is 6.87. The monoisotopic (exact) mass is 664 g/mol. The number of anilines is 2. The lowest BCUT2D eigenvalue weighted by atomic mass is 9.92. The molecule has 0 unspecified atom stereocenters. The molecule has 0 aliphatic heterocycles. The number of ether oxygens (including phenoxy) is 1. The van der Waals surface area contributed by atoms with E-state index in [9.17, 15) is 12.8 Å². The molecule has 4 aromatic rings. The van der Waals surface area contributed by atoms with Crippen molar-refractivity contribution in [3.05, 3.63) is 82.2 Å².